The average Bonchev–Trinajstić information content (AvgIpc) is 2.09. The monoisotopic (exact) mass is 167 g/mol. The van der Waals surface area contributed by atoms with Crippen molar-refractivity contribution in [2.75, 3.05) is 7.11 Å². The first-order valence-electron chi connectivity index (χ1n) is 3.37. The van der Waals surface area contributed by atoms with Crippen LogP contribution in [0, 0.1) is 6.92 Å². The number of rotatable bonds is 2. The Balaban J connectivity index is 3.38. The number of methoxy groups -OCH3 is 1. The Bertz CT molecular complexity index is 354. The summed E-state index contributed by atoms with van der Waals surface area (Å²) in [5.74, 6) is 0.448. The molecule has 0 saturated heterocycles. The van der Waals surface area contributed by atoms with E-state index in [4.69, 9.17) is 9.15 Å². The van der Waals surface area contributed by atoms with Gasteiger partial charge in [-0.05, 0) is 13.0 Å². The highest BCUT2D eigenvalue weighted by Gasteiger charge is 2.06. The summed E-state index contributed by atoms with van der Waals surface area (Å²) in [6.45, 7) is 5.01. The van der Waals surface area contributed by atoms with Crippen molar-refractivity contribution in [3.63, 3.8) is 0 Å². The van der Waals surface area contributed by atoms with Crippen LogP contribution in [0.2, 0.25) is 0 Å². The summed E-state index contributed by atoms with van der Waals surface area (Å²) in [6, 6.07) is 0. The molecule has 0 radical (unpaired) electrons. The Morgan fingerprint density at radius 1 is 1.67 bits per heavy atom. The first kappa shape index (κ1) is 8.52. The molecule has 0 aliphatic rings. The number of hydrogen-bond donors (Lipinski definition) is 0. The van der Waals surface area contributed by atoms with Crippen LogP contribution < -0.4 is 10.4 Å². The van der Waals surface area contributed by atoms with Gasteiger partial charge in [0.1, 0.15) is 0 Å². The summed E-state index contributed by atoms with van der Waals surface area (Å²) < 4.78 is 9.58. The maximum absolute atomic E-state index is 11.0. The molecule has 0 amide bonds. The van der Waals surface area contributed by atoms with Gasteiger partial charge in [0.05, 0.1) is 12.7 Å². The lowest BCUT2D eigenvalue weighted by molar-refractivity contribution is 0.368. The summed E-state index contributed by atoms with van der Waals surface area (Å²) in [5.41, 5.74) is -0.0835. The highest BCUT2D eigenvalue weighted by atomic mass is 16.5. The third kappa shape index (κ3) is 1.37. The molecule has 4 nitrogen and oxygen atoms in total. The molecule has 0 unspecified atom stereocenters. The van der Waals surface area contributed by atoms with Crippen LogP contribution >= 0.6 is 0 Å². The Hall–Kier alpha value is -1.58. The van der Waals surface area contributed by atoms with Crippen LogP contribution in [0.5, 0.6) is 5.88 Å². The molecule has 0 aliphatic carbocycles. The Morgan fingerprint density at radius 3 is 2.83 bits per heavy atom. The summed E-state index contributed by atoms with van der Waals surface area (Å²) in [6.07, 6.45) is 1.35. The SMILES string of the molecule is C=Cc1nc(OC)c(C)c(=O)o1. The largest absolute Gasteiger partial charge is 0.481 e. The maximum Gasteiger partial charge on any atom is 0.345 e. The van der Waals surface area contributed by atoms with E-state index in [9.17, 15) is 4.79 Å². The number of ether oxygens (including phenoxy) is 1. The molecule has 0 bridgehead atoms. The van der Waals surface area contributed by atoms with Gasteiger partial charge in [0, 0.05) is 0 Å². The fourth-order valence-electron chi connectivity index (χ4n) is 0.752. The topological polar surface area (TPSA) is 52.3 Å². The number of nitrogens with zero attached hydrogens (tertiary/aromatic N) is 1. The van der Waals surface area contributed by atoms with Crippen LogP contribution in [0.15, 0.2) is 15.8 Å². The van der Waals surface area contributed by atoms with E-state index in [1.54, 1.807) is 6.92 Å². The molecule has 0 fully saturated rings. The number of aromatic nitrogens is 1. The van der Waals surface area contributed by atoms with E-state index in [-0.39, 0.29) is 11.8 Å². The van der Waals surface area contributed by atoms with Gasteiger partial charge in [0.2, 0.25) is 11.8 Å². The van der Waals surface area contributed by atoms with E-state index < -0.39 is 5.63 Å². The molecule has 12 heavy (non-hydrogen) atoms. The smallest absolute Gasteiger partial charge is 0.345 e. The molecular weight excluding hydrogens is 158 g/mol. The van der Waals surface area contributed by atoms with E-state index >= 15 is 0 Å². The molecule has 0 aliphatic heterocycles. The predicted octanol–water partition coefficient (Wildman–Crippen LogP) is 0.995. The fourth-order valence-corrected chi connectivity index (χ4v) is 0.752. The highest BCUT2D eigenvalue weighted by molar-refractivity contribution is 5.35. The van der Waals surface area contributed by atoms with Gasteiger partial charge in [0.15, 0.2) is 0 Å². The average molecular weight is 167 g/mol. The van der Waals surface area contributed by atoms with Crippen molar-refractivity contribution in [3.8, 4) is 5.88 Å². The molecule has 64 valence electrons. The van der Waals surface area contributed by atoms with Gasteiger partial charge in [-0.3, -0.25) is 0 Å². The minimum Gasteiger partial charge on any atom is -0.481 e. The zero-order valence-electron chi connectivity index (χ0n) is 6.96. The minimum atomic E-state index is -0.447. The van der Waals surface area contributed by atoms with Crippen molar-refractivity contribution in [1.29, 1.82) is 0 Å². The lowest BCUT2D eigenvalue weighted by Crippen LogP contribution is -2.08. The van der Waals surface area contributed by atoms with Crippen molar-refractivity contribution < 1.29 is 9.15 Å². The van der Waals surface area contributed by atoms with E-state index in [1.807, 2.05) is 0 Å². The molecule has 0 saturated carbocycles. The fraction of sp³-hybridized carbons (Fsp3) is 0.250. The van der Waals surface area contributed by atoms with Crippen LogP contribution in [0.4, 0.5) is 0 Å². The van der Waals surface area contributed by atoms with Crippen LogP contribution in [0.25, 0.3) is 6.08 Å². The summed E-state index contributed by atoms with van der Waals surface area (Å²) in [5, 5.41) is 0. The zero-order chi connectivity index (χ0) is 9.14. The summed E-state index contributed by atoms with van der Waals surface area (Å²) >= 11 is 0. The summed E-state index contributed by atoms with van der Waals surface area (Å²) in [4.78, 5) is 14.9. The summed E-state index contributed by atoms with van der Waals surface area (Å²) in [7, 11) is 1.45. The third-order valence-electron chi connectivity index (χ3n) is 1.40. The van der Waals surface area contributed by atoms with E-state index in [0.29, 0.717) is 5.56 Å². The Morgan fingerprint density at radius 2 is 2.33 bits per heavy atom. The van der Waals surface area contributed by atoms with Crippen molar-refractivity contribution in [2.24, 2.45) is 0 Å². The van der Waals surface area contributed by atoms with Crippen molar-refractivity contribution >= 4 is 6.08 Å². The van der Waals surface area contributed by atoms with Crippen molar-refractivity contribution in [2.45, 2.75) is 6.92 Å². The molecule has 1 rings (SSSR count). The number of hydrogen-bond acceptors (Lipinski definition) is 4. The van der Waals surface area contributed by atoms with E-state index in [0.717, 1.165) is 0 Å². The molecule has 0 spiro atoms. The highest BCUT2D eigenvalue weighted by Crippen LogP contribution is 2.09. The van der Waals surface area contributed by atoms with Crippen LogP contribution in [0.1, 0.15) is 11.5 Å². The van der Waals surface area contributed by atoms with Gasteiger partial charge >= 0.3 is 5.63 Å². The predicted molar refractivity (Wildman–Crippen MR) is 44.2 cm³/mol. The second-order valence-corrected chi connectivity index (χ2v) is 2.18. The first-order chi connectivity index (χ1) is 5.69. The van der Waals surface area contributed by atoms with E-state index in [1.165, 1.54) is 13.2 Å². The molecule has 0 aromatic carbocycles. The van der Waals surface area contributed by atoms with Gasteiger partial charge in [-0.2, -0.15) is 4.98 Å². The Labute approximate surface area is 69.5 Å². The second kappa shape index (κ2) is 3.21. The standard InChI is InChI=1S/C8H9NO3/c1-4-6-9-7(11-3)5(2)8(10)12-6/h4H,1H2,2-3H3. The van der Waals surface area contributed by atoms with Gasteiger partial charge in [-0.25, -0.2) is 4.79 Å². The van der Waals surface area contributed by atoms with Gasteiger partial charge in [-0.1, -0.05) is 6.58 Å². The van der Waals surface area contributed by atoms with Gasteiger partial charge < -0.3 is 9.15 Å². The maximum atomic E-state index is 11.0. The molecule has 1 aromatic heterocycles. The molecule has 0 N–H and O–H groups in total. The molecular formula is C8H9NO3. The second-order valence-electron chi connectivity index (χ2n) is 2.18. The van der Waals surface area contributed by atoms with Crippen LogP contribution in [0.3, 0.4) is 0 Å². The van der Waals surface area contributed by atoms with Crippen LogP contribution in [-0.2, 0) is 0 Å². The zero-order valence-corrected chi connectivity index (χ0v) is 6.96. The molecule has 4 heteroatoms. The van der Waals surface area contributed by atoms with Crippen molar-refractivity contribution in [1.82, 2.24) is 4.98 Å². The third-order valence-corrected chi connectivity index (χ3v) is 1.40. The lowest BCUT2D eigenvalue weighted by atomic mass is 10.4. The Kier molecular flexibility index (Phi) is 2.28. The quantitative estimate of drug-likeness (QED) is 0.659. The van der Waals surface area contributed by atoms with Crippen LogP contribution in [-0.4, -0.2) is 12.1 Å². The minimum absolute atomic E-state index is 0.169. The molecule has 0 atom stereocenters. The molecule has 1 heterocycles. The van der Waals surface area contributed by atoms with Gasteiger partial charge in [-0.15, -0.1) is 0 Å². The van der Waals surface area contributed by atoms with E-state index in [2.05, 4.69) is 11.6 Å². The van der Waals surface area contributed by atoms with Gasteiger partial charge in [0.25, 0.3) is 0 Å². The lowest BCUT2D eigenvalue weighted by Gasteiger charge is -2.00. The van der Waals surface area contributed by atoms with Crippen molar-refractivity contribution in [3.05, 3.63) is 28.5 Å². The molecule has 1 aromatic rings. The first-order valence-corrected chi connectivity index (χ1v) is 3.37. The normalized spacial score (nSPS) is 9.50.